The zero-order chi connectivity index (χ0) is 11.8. The van der Waals surface area contributed by atoms with E-state index in [0.717, 1.165) is 32.0 Å². The Morgan fingerprint density at radius 2 is 1.71 bits per heavy atom. The smallest absolute Gasteiger partial charge is 0.307 e. The fraction of sp³-hybridized carbons (Fsp3) is 0.923. The maximum Gasteiger partial charge on any atom is 0.307 e. The third-order valence-corrected chi connectivity index (χ3v) is 4.58. The van der Waals surface area contributed by atoms with Crippen LogP contribution in [-0.4, -0.2) is 59.1 Å². The third-order valence-electron chi connectivity index (χ3n) is 4.58. The lowest BCUT2D eigenvalue weighted by Gasteiger charge is -2.35. The van der Waals surface area contributed by atoms with Crippen molar-refractivity contribution in [2.75, 3.05) is 26.2 Å². The molecule has 2 unspecified atom stereocenters. The van der Waals surface area contributed by atoms with Crippen LogP contribution in [0.15, 0.2) is 0 Å². The highest BCUT2D eigenvalue weighted by molar-refractivity contribution is 5.70. The quantitative estimate of drug-likeness (QED) is 0.797. The standard InChI is InChI=1S/C13H22N2O2/c16-13(17)10-2-1-6-14(8-10)12-5-7-15(9-12)11-3-4-11/h10-12H,1-9H2,(H,16,17). The van der Waals surface area contributed by atoms with Crippen LogP contribution in [0.5, 0.6) is 0 Å². The van der Waals surface area contributed by atoms with E-state index in [1.165, 1.54) is 32.4 Å². The topological polar surface area (TPSA) is 43.8 Å². The van der Waals surface area contributed by atoms with Crippen LogP contribution in [0.1, 0.15) is 32.1 Å². The van der Waals surface area contributed by atoms with E-state index in [1.54, 1.807) is 0 Å². The molecule has 96 valence electrons. The number of piperidine rings is 1. The molecule has 3 aliphatic rings. The molecule has 3 fully saturated rings. The lowest BCUT2D eigenvalue weighted by Crippen LogP contribution is -2.45. The first-order chi connectivity index (χ1) is 8.24. The van der Waals surface area contributed by atoms with Crippen LogP contribution in [-0.2, 0) is 4.79 Å². The first-order valence-corrected chi connectivity index (χ1v) is 6.95. The molecule has 0 bridgehead atoms. The van der Waals surface area contributed by atoms with Gasteiger partial charge >= 0.3 is 5.97 Å². The van der Waals surface area contributed by atoms with Gasteiger partial charge in [0, 0.05) is 31.7 Å². The van der Waals surface area contributed by atoms with Crippen molar-refractivity contribution in [3.05, 3.63) is 0 Å². The minimum Gasteiger partial charge on any atom is -0.481 e. The zero-order valence-corrected chi connectivity index (χ0v) is 10.3. The summed E-state index contributed by atoms with van der Waals surface area (Å²) in [5.41, 5.74) is 0. The van der Waals surface area contributed by atoms with E-state index in [9.17, 15) is 4.79 Å². The molecule has 0 radical (unpaired) electrons. The Kier molecular flexibility index (Phi) is 3.09. The van der Waals surface area contributed by atoms with Crippen LogP contribution in [0, 0.1) is 5.92 Å². The minimum atomic E-state index is -0.605. The van der Waals surface area contributed by atoms with E-state index in [1.807, 2.05) is 0 Å². The normalized spacial score (nSPS) is 36.2. The summed E-state index contributed by atoms with van der Waals surface area (Å²) >= 11 is 0. The number of rotatable bonds is 3. The highest BCUT2D eigenvalue weighted by Crippen LogP contribution is 2.32. The second kappa shape index (κ2) is 4.58. The van der Waals surface area contributed by atoms with Crippen molar-refractivity contribution in [3.8, 4) is 0 Å². The Labute approximate surface area is 103 Å². The first-order valence-electron chi connectivity index (χ1n) is 6.95. The van der Waals surface area contributed by atoms with Gasteiger partial charge in [-0.25, -0.2) is 0 Å². The Morgan fingerprint density at radius 3 is 2.41 bits per heavy atom. The van der Waals surface area contributed by atoms with Gasteiger partial charge in [0.05, 0.1) is 5.92 Å². The van der Waals surface area contributed by atoms with E-state index in [-0.39, 0.29) is 5.92 Å². The summed E-state index contributed by atoms with van der Waals surface area (Å²) in [6.45, 7) is 4.28. The van der Waals surface area contributed by atoms with Crippen molar-refractivity contribution in [1.82, 2.24) is 9.80 Å². The molecular weight excluding hydrogens is 216 g/mol. The van der Waals surface area contributed by atoms with Crippen LogP contribution in [0.4, 0.5) is 0 Å². The van der Waals surface area contributed by atoms with Gasteiger partial charge < -0.3 is 5.11 Å². The Hall–Kier alpha value is -0.610. The Balaban J connectivity index is 1.55. The van der Waals surface area contributed by atoms with Gasteiger partial charge in [0.25, 0.3) is 0 Å². The van der Waals surface area contributed by atoms with Crippen LogP contribution in [0.3, 0.4) is 0 Å². The van der Waals surface area contributed by atoms with E-state index in [4.69, 9.17) is 5.11 Å². The number of hydrogen-bond acceptors (Lipinski definition) is 3. The van der Waals surface area contributed by atoms with Gasteiger partial charge in [-0.2, -0.15) is 0 Å². The van der Waals surface area contributed by atoms with Crippen molar-refractivity contribution >= 4 is 5.97 Å². The van der Waals surface area contributed by atoms with Crippen molar-refractivity contribution in [2.45, 2.75) is 44.2 Å². The highest BCUT2D eigenvalue weighted by Gasteiger charge is 2.38. The fourth-order valence-electron chi connectivity index (χ4n) is 3.38. The van der Waals surface area contributed by atoms with Gasteiger partial charge in [0.15, 0.2) is 0 Å². The summed E-state index contributed by atoms with van der Waals surface area (Å²) in [5.74, 6) is -0.731. The number of carboxylic acid groups (broad SMARTS) is 1. The summed E-state index contributed by atoms with van der Waals surface area (Å²) in [7, 11) is 0. The highest BCUT2D eigenvalue weighted by atomic mass is 16.4. The molecule has 2 atom stereocenters. The van der Waals surface area contributed by atoms with Crippen molar-refractivity contribution in [2.24, 2.45) is 5.92 Å². The lowest BCUT2D eigenvalue weighted by atomic mass is 9.96. The maximum atomic E-state index is 11.1. The second-order valence-electron chi connectivity index (χ2n) is 5.84. The summed E-state index contributed by atoms with van der Waals surface area (Å²) in [6.07, 6.45) is 5.92. The molecule has 17 heavy (non-hydrogen) atoms. The third kappa shape index (κ3) is 2.47. The Morgan fingerprint density at radius 1 is 0.941 bits per heavy atom. The summed E-state index contributed by atoms with van der Waals surface area (Å²) in [5, 5.41) is 9.11. The van der Waals surface area contributed by atoms with Gasteiger partial charge in [-0.05, 0) is 38.6 Å². The Bertz CT molecular complexity index is 304. The summed E-state index contributed by atoms with van der Waals surface area (Å²) in [6, 6.07) is 1.48. The van der Waals surface area contributed by atoms with E-state index in [0.29, 0.717) is 6.04 Å². The second-order valence-corrected chi connectivity index (χ2v) is 5.84. The molecule has 4 nitrogen and oxygen atoms in total. The largest absolute Gasteiger partial charge is 0.481 e. The van der Waals surface area contributed by atoms with Gasteiger partial charge in [-0.3, -0.25) is 14.6 Å². The van der Waals surface area contributed by atoms with Crippen LogP contribution < -0.4 is 0 Å². The number of carboxylic acids is 1. The van der Waals surface area contributed by atoms with Gasteiger partial charge in [-0.15, -0.1) is 0 Å². The van der Waals surface area contributed by atoms with Crippen LogP contribution >= 0.6 is 0 Å². The monoisotopic (exact) mass is 238 g/mol. The van der Waals surface area contributed by atoms with Crippen LogP contribution in [0.25, 0.3) is 0 Å². The predicted molar refractivity (Wildman–Crippen MR) is 64.9 cm³/mol. The molecule has 0 aromatic heterocycles. The number of aliphatic carboxylic acids is 1. The predicted octanol–water partition coefficient (Wildman–Crippen LogP) is 1.02. The van der Waals surface area contributed by atoms with Crippen molar-refractivity contribution in [1.29, 1.82) is 0 Å². The number of nitrogens with zero attached hydrogens (tertiary/aromatic N) is 2. The van der Waals surface area contributed by atoms with Gasteiger partial charge in [-0.1, -0.05) is 0 Å². The average Bonchev–Trinajstić information content (AvgIpc) is 3.07. The SMILES string of the molecule is O=C(O)C1CCCN(C2CCN(C3CC3)C2)C1. The molecular formula is C13H22N2O2. The summed E-state index contributed by atoms with van der Waals surface area (Å²) < 4.78 is 0. The molecule has 0 aromatic carbocycles. The molecule has 1 saturated carbocycles. The lowest BCUT2D eigenvalue weighted by molar-refractivity contribution is -0.143. The number of hydrogen-bond donors (Lipinski definition) is 1. The molecule has 2 saturated heterocycles. The first kappa shape index (κ1) is 11.5. The van der Waals surface area contributed by atoms with Crippen molar-refractivity contribution < 1.29 is 9.90 Å². The van der Waals surface area contributed by atoms with Gasteiger partial charge in [0.2, 0.25) is 0 Å². The number of likely N-dealkylation sites (tertiary alicyclic amines) is 2. The summed E-state index contributed by atoms with van der Waals surface area (Å²) in [4.78, 5) is 16.1. The molecule has 2 aliphatic heterocycles. The molecule has 3 rings (SSSR count). The van der Waals surface area contributed by atoms with E-state index < -0.39 is 5.97 Å². The number of carbonyl (C=O) groups is 1. The van der Waals surface area contributed by atoms with Crippen LogP contribution in [0.2, 0.25) is 0 Å². The molecule has 1 aliphatic carbocycles. The van der Waals surface area contributed by atoms with Gasteiger partial charge in [0.1, 0.15) is 0 Å². The fourth-order valence-corrected chi connectivity index (χ4v) is 3.38. The zero-order valence-electron chi connectivity index (χ0n) is 10.3. The molecule has 0 amide bonds. The molecule has 4 heteroatoms. The van der Waals surface area contributed by atoms with E-state index >= 15 is 0 Å². The van der Waals surface area contributed by atoms with E-state index in [2.05, 4.69) is 9.80 Å². The maximum absolute atomic E-state index is 11.1. The molecule has 0 spiro atoms. The van der Waals surface area contributed by atoms with Crippen molar-refractivity contribution in [3.63, 3.8) is 0 Å². The minimum absolute atomic E-state index is 0.126. The molecule has 0 aromatic rings. The molecule has 1 N–H and O–H groups in total. The average molecular weight is 238 g/mol. The molecule has 2 heterocycles.